The fraction of sp³-hybridized carbons (Fsp3) is 0.333. The van der Waals surface area contributed by atoms with E-state index in [4.69, 9.17) is 0 Å². The number of alkyl halides is 3. The van der Waals surface area contributed by atoms with Crippen LogP contribution in [-0.4, -0.2) is 43.7 Å². The molecule has 0 aliphatic carbocycles. The molecule has 0 unspecified atom stereocenters. The van der Waals surface area contributed by atoms with Gasteiger partial charge in [0.2, 0.25) is 5.96 Å². The molecule has 1 aromatic rings. The van der Waals surface area contributed by atoms with Crippen LogP contribution in [0.4, 0.5) is 13.2 Å². The lowest BCUT2D eigenvalue weighted by Gasteiger charge is -2.12. The van der Waals surface area contributed by atoms with Gasteiger partial charge in [-0.3, -0.25) is 0 Å². The molecule has 0 spiro atoms. The molecule has 1 N–H and O–H groups in total. The first-order valence-corrected chi connectivity index (χ1v) is 5.86. The van der Waals surface area contributed by atoms with Crippen LogP contribution >= 0.6 is 0 Å². The van der Waals surface area contributed by atoms with Gasteiger partial charge in [-0.1, -0.05) is 0 Å². The van der Waals surface area contributed by atoms with E-state index in [2.05, 4.69) is 20.1 Å². The van der Waals surface area contributed by atoms with Crippen LogP contribution in [0.2, 0.25) is 0 Å². The fourth-order valence-corrected chi connectivity index (χ4v) is 1.57. The highest BCUT2D eigenvalue weighted by Gasteiger charge is 2.30. The maximum Gasteiger partial charge on any atom is 0.573 e. The van der Waals surface area contributed by atoms with Crippen molar-refractivity contribution >= 4 is 12.2 Å². The summed E-state index contributed by atoms with van der Waals surface area (Å²) in [5.74, 6) is 0.406. The standard InChI is InChI=1S/C12H13F3N4O/c1-19(11-16-6-7-17-11)18-8-9-2-4-10(5-3-9)20-12(13,14)15/h2-5,8H,6-7H2,1H3,(H,16,17)/b18-8-. The van der Waals surface area contributed by atoms with Gasteiger partial charge in [0, 0.05) is 13.6 Å². The molecular weight excluding hydrogens is 273 g/mol. The van der Waals surface area contributed by atoms with Gasteiger partial charge in [0.15, 0.2) is 0 Å². The highest BCUT2D eigenvalue weighted by molar-refractivity contribution is 5.84. The quantitative estimate of drug-likeness (QED) is 0.681. The Morgan fingerprint density at radius 3 is 2.60 bits per heavy atom. The molecule has 0 bridgehead atoms. The van der Waals surface area contributed by atoms with E-state index < -0.39 is 6.36 Å². The summed E-state index contributed by atoms with van der Waals surface area (Å²) in [6.07, 6.45) is -3.15. The van der Waals surface area contributed by atoms with Crippen LogP contribution in [-0.2, 0) is 0 Å². The number of aliphatic imine (C=N–C) groups is 1. The molecule has 1 heterocycles. The third-order valence-electron chi connectivity index (χ3n) is 2.46. The van der Waals surface area contributed by atoms with Crippen molar-refractivity contribution in [1.29, 1.82) is 0 Å². The zero-order valence-corrected chi connectivity index (χ0v) is 10.7. The maximum absolute atomic E-state index is 12.0. The third kappa shape index (κ3) is 4.15. The summed E-state index contributed by atoms with van der Waals surface area (Å²) in [6.45, 7) is 1.48. The second-order valence-corrected chi connectivity index (χ2v) is 4.02. The predicted molar refractivity (Wildman–Crippen MR) is 68.8 cm³/mol. The largest absolute Gasteiger partial charge is 0.573 e. The van der Waals surface area contributed by atoms with E-state index in [1.54, 1.807) is 12.1 Å². The molecule has 0 atom stereocenters. The van der Waals surface area contributed by atoms with Crippen molar-refractivity contribution in [2.45, 2.75) is 6.36 Å². The van der Waals surface area contributed by atoms with E-state index in [-0.39, 0.29) is 5.75 Å². The summed E-state index contributed by atoms with van der Waals surface area (Å²) in [7, 11) is 1.73. The lowest BCUT2D eigenvalue weighted by atomic mass is 10.2. The zero-order chi connectivity index (χ0) is 14.6. The van der Waals surface area contributed by atoms with Gasteiger partial charge in [-0.15, -0.1) is 13.2 Å². The molecule has 0 aromatic heterocycles. The molecule has 0 amide bonds. The van der Waals surface area contributed by atoms with Crippen molar-refractivity contribution < 1.29 is 17.9 Å². The van der Waals surface area contributed by atoms with Crippen LogP contribution in [0.3, 0.4) is 0 Å². The SMILES string of the molecule is CN(/N=C\c1ccc(OC(F)(F)F)cc1)C1=NCCN1. The van der Waals surface area contributed by atoms with E-state index in [0.717, 1.165) is 6.54 Å². The average Bonchev–Trinajstić information content (AvgIpc) is 2.89. The van der Waals surface area contributed by atoms with Crippen LogP contribution in [0.5, 0.6) is 5.75 Å². The Balaban J connectivity index is 1.96. The Labute approximate surface area is 113 Å². The Kier molecular flexibility index (Phi) is 4.11. The molecule has 1 aliphatic rings. The Hall–Kier alpha value is -2.25. The normalized spacial score (nSPS) is 15.1. The minimum atomic E-state index is -4.68. The molecule has 0 saturated heterocycles. The number of rotatable bonds is 3. The first-order chi connectivity index (χ1) is 9.44. The number of guanidine groups is 1. The summed E-state index contributed by atoms with van der Waals surface area (Å²) in [6, 6.07) is 5.45. The van der Waals surface area contributed by atoms with Crippen LogP contribution in [0.15, 0.2) is 34.4 Å². The molecule has 0 saturated carbocycles. The second-order valence-electron chi connectivity index (χ2n) is 4.02. The van der Waals surface area contributed by atoms with Gasteiger partial charge in [-0.05, 0) is 29.8 Å². The van der Waals surface area contributed by atoms with E-state index in [1.165, 1.54) is 30.5 Å². The van der Waals surface area contributed by atoms with Gasteiger partial charge in [0.1, 0.15) is 5.75 Å². The van der Waals surface area contributed by atoms with Gasteiger partial charge in [-0.2, -0.15) is 5.10 Å². The monoisotopic (exact) mass is 286 g/mol. The van der Waals surface area contributed by atoms with Gasteiger partial charge in [-0.25, -0.2) is 10.0 Å². The van der Waals surface area contributed by atoms with Crippen LogP contribution < -0.4 is 10.1 Å². The van der Waals surface area contributed by atoms with E-state index in [9.17, 15) is 13.2 Å². The molecular formula is C12H13F3N4O. The highest BCUT2D eigenvalue weighted by Crippen LogP contribution is 2.22. The lowest BCUT2D eigenvalue weighted by Crippen LogP contribution is -2.32. The fourth-order valence-electron chi connectivity index (χ4n) is 1.57. The predicted octanol–water partition coefficient (Wildman–Crippen LogP) is 1.81. The van der Waals surface area contributed by atoms with Crippen LogP contribution in [0.1, 0.15) is 5.56 Å². The smallest absolute Gasteiger partial charge is 0.406 e. The van der Waals surface area contributed by atoms with Gasteiger partial charge in [0.05, 0.1) is 12.8 Å². The lowest BCUT2D eigenvalue weighted by molar-refractivity contribution is -0.274. The number of hydrogen-bond acceptors (Lipinski definition) is 5. The van der Waals surface area contributed by atoms with Crippen LogP contribution in [0, 0.1) is 0 Å². The summed E-state index contributed by atoms with van der Waals surface area (Å²) in [5.41, 5.74) is 0.657. The molecule has 5 nitrogen and oxygen atoms in total. The molecule has 2 rings (SSSR count). The Morgan fingerprint density at radius 2 is 2.05 bits per heavy atom. The average molecular weight is 286 g/mol. The van der Waals surface area contributed by atoms with Gasteiger partial charge < -0.3 is 10.1 Å². The van der Waals surface area contributed by atoms with Crippen molar-refractivity contribution in [3.8, 4) is 5.75 Å². The molecule has 0 fully saturated rings. The number of nitrogens with one attached hydrogen (secondary N) is 1. The zero-order valence-electron chi connectivity index (χ0n) is 10.7. The first-order valence-electron chi connectivity index (χ1n) is 5.86. The first kappa shape index (κ1) is 14.2. The molecule has 1 aliphatic heterocycles. The second kappa shape index (κ2) is 5.81. The van der Waals surface area contributed by atoms with E-state index in [0.29, 0.717) is 18.1 Å². The highest BCUT2D eigenvalue weighted by atomic mass is 19.4. The van der Waals surface area contributed by atoms with E-state index in [1.807, 2.05) is 0 Å². The molecule has 8 heteroatoms. The number of nitrogens with zero attached hydrogens (tertiary/aromatic N) is 3. The van der Waals surface area contributed by atoms with Crippen molar-refractivity contribution in [3.05, 3.63) is 29.8 Å². The van der Waals surface area contributed by atoms with Gasteiger partial charge >= 0.3 is 6.36 Å². The topological polar surface area (TPSA) is 49.2 Å². The molecule has 0 radical (unpaired) electrons. The van der Waals surface area contributed by atoms with Crippen LogP contribution in [0.25, 0.3) is 0 Å². The number of hydrazone groups is 1. The number of benzene rings is 1. The summed E-state index contributed by atoms with van der Waals surface area (Å²) < 4.78 is 39.8. The Morgan fingerprint density at radius 1 is 1.35 bits per heavy atom. The van der Waals surface area contributed by atoms with Crippen molar-refractivity contribution in [2.75, 3.05) is 20.1 Å². The number of halogens is 3. The third-order valence-corrected chi connectivity index (χ3v) is 2.46. The minimum Gasteiger partial charge on any atom is -0.406 e. The van der Waals surface area contributed by atoms with Crippen molar-refractivity contribution in [1.82, 2.24) is 10.3 Å². The molecule has 108 valence electrons. The summed E-state index contributed by atoms with van der Waals surface area (Å²) >= 11 is 0. The van der Waals surface area contributed by atoms with Crippen molar-refractivity contribution in [3.63, 3.8) is 0 Å². The van der Waals surface area contributed by atoms with Gasteiger partial charge in [0.25, 0.3) is 0 Å². The molecule has 20 heavy (non-hydrogen) atoms. The summed E-state index contributed by atoms with van der Waals surface area (Å²) in [4.78, 5) is 4.18. The van der Waals surface area contributed by atoms with Crippen molar-refractivity contribution in [2.24, 2.45) is 10.1 Å². The van der Waals surface area contributed by atoms with E-state index >= 15 is 0 Å². The molecule has 1 aromatic carbocycles. The number of ether oxygens (including phenoxy) is 1. The maximum atomic E-state index is 12.0. The Bertz CT molecular complexity index is 510. The number of hydrogen-bond donors (Lipinski definition) is 1. The minimum absolute atomic E-state index is 0.259. The summed E-state index contributed by atoms with van der Waals surface area (Å²) in [5, 5.41) is 8.74.